The van der Waals surface area contributed by atoms with Gasteiger partial charge in [-0.2, -0.15) is 0 Å². The number of aliphatic imine (C=N–C) groups is 1. The number of hydrogen-bond donors (Lipinski definition) is 0. The Morgan fingerprint density at radius 2 is 1.00 bits per heavy atom. The van der Waals surface area contributed by atoms with Gasteiger partial charge < -0.3 is 0 Å². The van der Waals surface area contributed by atoms with Gasteiger partial charge in [-0.1, -0.05) is 176 Å². The Hall–Kier alpha value is -6.64. The predicted molar refractivity (Wildman–Crippen MR) is 216 cm³/mol. The molecular formula is C50H34N2. The van der Waals surface area contributed by atoms with E-state index in [1.54, 1.807) is 0 Å². The van der Waals surface area contributed by atoms with Crippen LogP contribution >= 0.6 is 0 Å². The Kier molecular flexibility index (Phi) is 7.32. The van der Waals surface area contributed by atoms with E-state index in [1.807, 2.05) is 0 Å². The van der Waals surface area contributed by atoms with E-state index in [1.165, 1.54) is 44.3 Å². The van der Waals surface area contributed by atoms with Gasteiger partial charge in [0.05, 0.1) is 28.7 Å². The van der Waals surface area contributed by atoms with Crippen LogP contribution in [-0.4, -0.2) is 10.7 Å². The first-order chi connectivity index (χ1) is 25.8. The first-order valence-corrected chi connectivity index (χ1v) is 18.0. The molecular weight excluding hydrogens is 629 g/mol. The predicted octanol–water partition coefficient (Wildman–Crippen LogP) is 12.5. The smallest absolute Gasteiger partial charge is 0.0787 e. The molecule has 2 aliphatic rings. The van der Waals surface area contributed by atoms with Gasteiger partial charge in [-0.05, 0) is 68.1 Å². The molecule has 0 saturated heterocycles. The zero-order valence-electron chi connectivity index (χ0n) is 28.5. The lowest BCUT2D eigenvalue weighted by atomic mass is 9.85. The monoisotopic (exact) mass is 662 g/mol. The molecule has 2 atom stereocenters. The summed E-state index contributed by atoms with van der Waals surface area (Å²) in [5.74, 6) is 0.314. The van der Waals surface area contributed by atoms with E-state index >= 15 is 0 Å². The van der Waals surface area contributed by atoms with E-state index in [0.717, 1.165) is 44.9 Å². The van der Waals surface area contributed by atoms with Crippen LogP contribution in [0.25, 0.3) is 44.9 Å². The van der Waals surface area contributed by atoms with E-state index in [4.69, 9.17) is 9.98 Å². The summed E-state index contributed by atoms with van der Waals surface area (Å²) < 4.78 is 0. The van der Waals surface area contributed by atoms with Crippen LogP contribution in [0, 0.1) is 0 Å². The highest BCUT2D eigenvalue weighted by Crippen LogP contribution is 2.46. The minimum atomic E-state index is 0.102. The summed E-state index contributed by atoms with van der Waals surface area (Å²) in [6.07, 6.45) is 2.36. The molecule has 2 heteroatoms. The van der Waals surface area contributed by atoms with Gasteiger partial charge in [0.1, 0.15) is 0 Å². The lowest BCUT2D eigenvalue weighted by Crippen LogP contribution is -2.11. The lowest BCUT2D eigenvalue weighted by Gasteiger charge is -2.18. The van der Waals surface area contributed by atoms with E-state index < -0.39 is 0 Å². The van der Waals surface area contributed by atoms with E-state index in [-0.39, 0.29) is 11.8 Å². The average Bonchev–Trinajstić information content (AvgIpc) is 3.81. The fourth-order valence-electron chi connectivity index (χ4n) is 8.17. The van der Waals surface area contributed by atoms with Crippen LogP contribution < -0.4 is 0 Å². The molecule has 52 heavy (non-hydrogen) atoms. The first kappa shape index (κ1) is 30.2. The van der Waals surface area contributed by atoms with Gasteiger partial charge in [0.2, 0.25) is 0 Å². The van der Waals surface area contributed by atoms with Crippen molar-refractivity contribution in [1.29, 1.82) is 0 Å². The van der Waals surface area contributed by atoms with Gasteiger partial charge in [-0.15, -0.1) is 0 Å². The summed E-state index contributed by atoms with van der Waals surface area (Å²) in [6.45, 7) is 0. The molecule has 2 unspecified atom stereocenters. The van der Waals surface area contributed by atoms with Gasteiger partial charge in [-0.25, -0.2) is 4.98 Å². The summed E-state index contributed by atoms with van der Waals surface area (Å²) in [5, 5.41) is 2.32. The molecule has 0 spiro atoms. The lowest BCUT2D eigenvalue weighted by molar-refractivity contribution is 1.07. The second-order valence-electron chi connectivity index (χ2n) is 13.7. The van der Waals surface area contributed by atoms with Crippen molar-refractivity contribution >= 4 is 33.8 Å². The summed E-state index contributed by atoms with van der Waals surface area (Å²) in [7, 11) is 0. The molecule has 1 aromatic heterocycles. The fourth-order valence-corrected chi connectivity index (χ4v) is 8.17. The van der Waals surface area contributed by atoms with Crippen molar-refractivity contribution in [2.45, 2.75) is 11.8 Å². The summed E-state index contributed by atoms with van der Waals surface area (Å²) in [6, 6.07) is 67.4. The SMILES string of the molecule is C1=C(c2ccc(-c3cc4ccccc4c(-c4ccc(C5=Nc6ccccc6C5c5ccccc5)cc4)n3)cc2)C(c2ccccc2)c2ccccc21. The third kappa shape index (κ3) is 5.20. The molecule has 0 amide bonds. The average molecular weight is 663 g/mol. The second-order valence-corrected chi connectivity index (χ2v) is 13.7. The van der Waals surface area contributed by atoms with Crippen molar-refractivity contribution < 1.29 is 0 Å². The molecule has 0 N–H and O–H groups in total. The van der Waals surface area contributed by atoms with Crippen molar-refractivity contribution in [3.63, 3.8) is 0 Å². The maximum Gasteiger partial charge on any atom is 0.0787 e. The van der Waals surface area contributed by atoms with E-state index in [9.17, 15) is 0 Å². The summed E-state index contributed by atoms with van der Waals surface area (Å²) >= 11 is 0. The van der Waals surface area contributed by atoms with Crippen LogP contribution in [0.15, 0.2) is 193 Å². The highest BCUT2D eigenvalue weighted by molar-refractivity contribution is 6.12. The van der Waals surface area contributed by atoms with Crippen LogP contribution in [-0.2, 0) is 0 Å². The number of hydrogen-bond acceptors (Lipinski definition) is 2. The molecule has 10 rings (SSSR count). The Bertz CT molecular complexity index is 2650. The van der Waals surface area contributed by atoms with Crippen molar-refractivity contribution in [2.24, 2.45) is 4.99 Å². The molecule has 7 aromatic carbocycles. The fraction of sp³-hybridized carbons (Fsp3) is 0.0400. The number of pyridine rings is 1. The van der Waals surface area contributed by atoms with Gasteiger partial charge in [0.25, 0.3) is 0 Å². The van der Waals surface area contributed by atoms with Crippen LogP contribution in [0.2, 0.25) is 0 Å². The van der Waals surface area contributed by atoms with Gasteiger partial charge in [0, 0.05) is 22.4 Å². The quantitative estimate of drug-likeness (QED) is 0.174. The number of nitrogens with zero attached hydrogens (tertiary/aromatic N) is 2. The standard InChI is InChI=1S/C50H34N2/c1-3-13-35(14-4-1)47-41-19-9-7-17-39(41)31-44(47)33-23-25-34(26-24-33)46-32-40-18-8-10-20-42(40)49(52-46)37-27-29-38(30-28-37)50-48(36-15-5-2-6-16-36)43-21-11-12-22-45(43)51-50/h1-32,47-48H. The molecule has 2 heterocycles. The molecule has 8 aromatic rings. The zero-order chi connectivity index (χ0) is 34.4. The third-order valence-electron chi connectivity index (χ3n) is 10.7. The first-order valence-electron chi connectivity index (χ1n) is 18.0. The largest absolute Gasteiger partial charge is 0.252 e. The number of aromatic nitrogens is 1. The number of benzene rings is 7. The van der Waals surface area contributed by atoms with Crippen LogP contribution in [0.4, 0.5) is 5.69 Å². The molecule has 244 valence electrons. The molecule has 0 fully saturated rings. The highest BCUT2D eigenvalue weighted by Gasteiger charge is 2.30. The Balaban J connectivity index is 1.00. The second kappa shape index (κ2) is 12.6. The number of para-hydroxylation sites is 1. The van der Waals surface area contributed by atoms with E-state index in [0.29, 0.717) is 0 Å². The van der Waals surface area contributed by atoms with Crippen LogP contribution in [0.5, 0.6) is 0 Å². The molecule has 0 saturated carbocycles. The third-order valence-corrected chi connectivity index (χ3v) is 10.7. The maximum absolute atomic E-state index is 5.34. The number of allylic oxidation sites excluding steroid dienone is 1. The van der Waals surface area contributed by atoms with Crippen molar-refractivity contribution in [1.82, 2.24) is 4.98 Å². The van der Waals surface area contributed by atoms with Gasteiger partial charge in [-0.3, -0.25) is 4.99 Å². The molecule has 1 aliphatic heterocycles. The molecule has 2 nitrogen and oxygen atoms in total. The van der Waals surface area contributed by atoms with Gasteiger partial charge in [0.15, 0.2) is 0 Å². The van der Waals surface area contributed by atoms with Gasteiger partial charge >= 0.3 is 0 Å². The Morgan fingerprint density at radius 1 is 0.423 bits per heavy atom. The van der Waals surface area contributed by atoms with Crippen molar-refractivity contribution in [3.8, 4) is 22.5 Å². The van der Waals surface area contributed by atoms with Crippen molar-refractivity contribution in [2.75, 3.05) is 0 Å². The Labute approximate surface area is 304 Å². The number of fused-ring (bicyclic) bond motifs is 3. The molecule has 0 bridgehead atoms. The highest BCUT2D eigenvalue weighted by atomic mass is 14.8. The zero-order valence-corrected chi connectivity index (χ0v) is 28.5. The Morgan fingerprint density at radius 3 is 1.77 bits per heavy atom. The molecule has 0 radical (unpaired) electrons. The number of rotatable bonds is 6. The topological polar surface area (TPSA) is 25.2 Å². The van der Waals surface area contributed by atoms with Crippen molar-refractivity contribution in [3.05, 3.63) is 227 Å². The maximum atomic E-state index is 5.34. The summed E-state index contributed by atoms with van der Waals surface area (Å²) in [4.78, 5) is 10.5. The van der Waals surface area contributed by atoms with Crippen LogP contribution in [0.3, 0.4) is 0 Å². The van der Waals surface area contributed by atoms with E-state index in [2.05, 4.69) is 194 Å². The minimum absolute atomic E-state index is 0.102. The summed E-state index contributed by atoms with van der Waals surface area (Å²) in [5.41, 5.74) is 16.4. The normalized spacial score (nSPS) is 15.9. The molecule has 1 aliphatic carbocycles. The van der Waals surface area contributed by atoms with Crippen LogP contribution in [0.1, 0.15) is 50.8 Å². The minimum Gasteiger partial charge on any atom is -0.252 e.